The maximum atomic E-state index is 5.68. The van der Waals surface area contributed by atoms with Crippen LogP contribution in [0.3, 0.4) is 0 Å². The van der Waals surface area contributed by atoms with Crippen LogP contribution in [0.25, 0.3) is 0 Å². The number of rotatable bonds is 15. The van der Waals surface area contributed by atoms with Gasteiger partial charge in [-0.25, -0.2) is 0 Å². The van der Waals surface area contributed by atoms with Gasteiger partial charge in [0.15, 0.2) is 0 Å². The van der Waals surface area contributed by atoms with Gasteiger partial charge in [-0.1, -0.05) is 58.2 Å². The molecular weight excluding hydrogens is 376 g/mol. The summed E-state index contributed by atoms with van der Waals surface area (Å²) < 4.78 is 5.68. The van der Waals surface area contributed by atoms with Crippen LogP contribution in [0.15, 0.2) is 58.2 Å². The van der Waals surface area contributed by atoms with Crippen molar-refractivity contribution in [1.29, 1.82) is 0 Å². The minimum Gasteiger partial charge on any atom is -0.367 e. The van der Waals surface area contributed by atoms with Crippen molar-refractivity contribution in [3.8, 4) is 0 Å². The van der Waals surface area contributed by atoms with Crippen LogP contribution in [0.1, 0.15) is 120 Å². The van der Waals surface area contributed by atoms with Gasteiger partial charge in [0.2, 0.25) is 0 Å². The molecule has 0 aromatic carbocycles. The summed E-state index contributed by atoms with van der Waals surface area (Å²) in [5.41, 5.74) is 7.65. The standard InChI is InChI=1S/C30H50O/c1-24(2)14-11-17-27(5)20-12-18-25(3)15-9-10-16-26(4)19-13-21-28(6)22-23-29-30(7,8)31-29/h14-16,20-21,29H,9-13,17-19,22-23H2,1-8H3/b25-15+,26-16+,27-20+,28-21-/t29-/m0/s1. The average Bonchev–Trinajstić information content (AvgIpc) is 3.30. The summed E-state index contributed by atoms with van der Waals surface area (Å²) in [6.07, 6.45) is 24.3. The molecule has 1 aliphatic rings. The largest absolute Gasteiger partial charge is 0.367 e. The van der Waals surface area contributed by atoms with Crippen LogP contribution in [0, 0.1) is 0 Å². The Morgan fingerprint density at radius 3 is 1.32 bits per heavy atom. The van der Waals surface area contributed by atoms with Crippen LogP contribution < -0.4 is 0 Å². The molecule has 0 amide bonds. The second kappa shape index (κ2) is 14.7. The summed E-state index contributed by atoms with van der Waals surface area (Å²) in [4.78, 5) is 0. The van der Waals surface area contributed by atoms with Crippen LogP contribution in [0.2, 0.25) is 0 Å². The molecule has 0 saturated carbocycles. The Labute approximate surface area is 194 Å². The quantitative estimate of drug-likeness (QED) is 0.144. The van der Waals surface area contributed by atoms with E-state index in [-0.39, 0.29) is 5.60 Å². The smallest absolute Gasteiger partial charge is 0.0892 e. The van der Waals surface area contributed by atoms with Crippen molar-refractivity contribution in [3.05, 3.63) is 58.2 Å². The van der Waals surface area contributed by atoms with Crippen molar-refractivity contribution in [1.82, 2.24) is 0 Å². The van der Waals surface area contributed by atoms with E-state index in [1.165, 1.54) is 79.2 Å². The molecule has 0 spiro atoms. The van der Waals surface area contributed by atoms with E-state index >= 15 is 0 Å². The molecule has 0 N–H and O–H groups in total. The minimum atomic E-state index is 0.132. The monoisotopic (exact) mass is 426 g/mol. The number of hydrogen-bond acceptors (Lipinski definition) is 1. The maximum Gasteiger partial charge on any atom is 0.0892 e. The highest BCUT2D eigenvalue weighted by Crippen LogP contribution is 2.38. The molecule has 176 valence electrons. The first-order chi connectivity index (χ1) is 14.6. The lowest BCUT2D eigenvalue weighted by Crippen LogP contribution is -2.02. The molecule has 1 heteroatoms. The topological polar surface area (TPSA) is 12.5 Å². The van der Waals surface area contributed by atoms with Gasteiger partial charge in [-0.15, -0.1) is 0 Å². The Morgan fingerprint density at radius 2 is 0.935 bits per heavy atom. The second-order valence-corrected chi connectivity index (χ2v) is 10.4. The van der Waals surface area contributed by atoms with Crippen LogP contribution in [0.5, 0.6) is 0 Å². The van der Waals surface area contributed by atoms with Gasteiger partial charge in [0, 0.05) is 0 Å². The molecule has 0 aromatic rings. The highest BCUT2D eigenvalue weighted by molar-refractivity contribution is 5.08. The molecule has 1 aliphatic heterocycles. The van der Waals surface area contributed by atoms with Gasteiger partial charge in [-0.3, -0.25) is 0 Å². The van der Waals surface area contributed by atoms with E-state index < -0.39 is 0 Å². The van der Waals surface area contributed by atoms with Gasteiger partial charge in [-0.05, 0) is 120 Å². The van der Waals surface area contributed by atoms with Crippen LogP contribution in [0.4, 0.5) is 0 Å². The normalized spacial score (nSPS) is 19.5. The van der Waals surface area contributed by atoms with Gasteiger partial charge in [0.25, 0.3) is 0 Å². The van der Waals surface area contributed by atoms with Crippen LogP contribution in [-0.4, -0.2) is 11.7 Å². The Morgan fingerprint density at radius 1 is 0.581 bits per heavy atom. The first-order valence-electron chi connectivity index (χ1n) is 12.5. The minimum absolute atomic E-state index is 0.132. The van der Waals surface area contributed by atoms with Gasteiger partial charge >= 0.3 is 0 Å². The van der Waals surface area contributed by atoms with Crippen molar-refractivity contribution < 1.29 is 4.74 Å². The molecule has 1 rings (SSSR count). The Hall–Kier alpha value is -1.34. The van der Waals surface area contributed by atoms with Crippen molar-refractivity contribution in [2.75, 3.05) is 0 Å². The summed E-state index contributed by atoms with van der Waals surface area (Å²) in [5, 5.41) is 0. The highest BCUT2D eigenvalue weighted by atomic mass is 16.6. The van der Waals surface area contributed by atoms with Gasteiger partial charge in [-0.2, -0.15) is 0 Å². The fraction of sp³-hybridized carbons (Fsp3) is 0.667. The third-order valence-electron chi connectivity index (χ3n) is 6.27. The summed E-state index contributed by atoms with van der Waals surface area (Å²) in [7, 11) is 0. The van der Waals surface area contributed by atoms with E-state index in [1.54, 1.807) is 0 Å². The molecule has 0 unspecified atom stereocenters. The van der Waals surface area contributed by atoms with Crippen molar-refractivity contribution in [2.24, 2.45) is 0 Å². The zero-order chi connectivity index (χ0) is 23.3. The maximum absolute atomic E-state index is 5.68. The molecular formula is C30H50O. The van der Waals surface area contributed by atoms with E-state index in [0.29, 0.717) is 6.10 Å². The fourth-order valence-corrected chi connectivity index (χ4v) is 3.85. The van der Waals surface area contributed by atoms with Crippen molar-refractivity contribution in [2.45, 2.75) is 131 Å². The Kier molecular flexibility index (Phi) is 13.1. The lowest BCUT2D eigenvalue weighted by molar-refractivity contribution is 0.320. The molecule has 1 heterocycles. The third-order valence-corrected chi connectivity index (χ3v) is 6.27. The molecule has 0 radical (unpaired) electrons. The van der Waals surface area contributed by atoms with Gasteiger partial charge in [0.05, 0.1) is 11.7 Å². The van der Waals surface area contributed by atoms with E-state index in [2.05, 4.69) is 85.8 Å². The van der Waals surface area contributed by atoms with Gasteiger partial charge in [0.1, 0.15) is 0 Å². The highest BCUT2D eigenvalue weighted by Gasteiger charge is 2.46. The fourth-order valence-electron chi connectivity index (χ4n) is 3.85. The summed E-state index contributed by atoms with van der Waals surface area (Å²) in [6, 6.07) is 0. The Balaban J connectivity index is 2.15. The Bertz CT molecular complexity index is 677. The number of hydrogen-bond donors (Lipinski definition) is 0. The average molecular weight is 427 g/mol. The van der Waals surface area contributed by atoms with E-state index in [4.69, 9.17) is 4.74 Å². The number of allylic oxidation sites excluding steroid dienone is 10. The van der Waals surface area contributed by atoms with E-state index in [0.717, 1.165) is 12.8 Å². The second-order valence-electron chi connectivity index (χ2n) is 10.4. The molecule has 1 fully saturated rings. The SMILES string of the molecule is CC(C)=CCC/C(C)=C/CC/C(C)=C/CC/C=C(\C)CC/C=C(/C)CC[C@@H]1OC1(C)C. The van der Waals surface area contributed by atoms with Crippen LogP contribution in [-0.2, 0) is 4.74 Å². The molecule has 0 aromatic heterocycles. The number of unbranched alkanes of at least 4 members (excludes halogenated alkanes) is 1. The van der Waals surface area contributed by atoms with Crippen molar-refractivity contribution in [3.63, 3.8) is 0 Å². The zero-order valence-corrected chi connectivity index (χ0v) is 21.9. The summed E-state index contributed by atoms with van der Waals surface area (Å²) in [6.45, 7) is 17.8. The summed E-state index contributed by atoms with van der Waals surface area (Å²) in [5.74, 6) is 0. The zero-order valence-electron chi connectivity index (χ0n) is 21.9. The van der Waals surface area contributed by atoms with Crippen LogP contribution >= 0.6 is 0 Å². The molecule has 0 aliphatic carbocycles. The lowest BCUT2D eigenvalue weighted by Gasteiger charge is -2.03. The molecule has 1 saturated heterocycles. The predicted molar refractivity (Wildman–Crippen MR) is 140 cm³/mol. The van der Waals surface area contributed by atoms with E-state index in [1.807, 2.05) is 0 Å². The first-order valence-corrected chi connectivity index (χ1v) is 12.5. The summed E-state index contributed by atoms with van der Waals surface area (Å²) >= 11 is 0. The lowest BCUT2D eigenvalue weighted by atomic mass is 10.0. The molecule has 1 atom stereocenters. The van der Waals surface area contributed by atoms with Crippen molar-refractivity contribution >= 4 is 0 Å². The predicted octanol–water partition coefficient (Wildman–Crippen LogP) is 9.82. The first kappa shape index (κ1) is 27.7. The number of ether oxygens (including phenoxy) is 1. The molecule has 0 bridgehead atoms. The molecule has 1 nitrogen and oxygen atoms in total. The third kappa shape index (κ3) is 14.4. The number of epoxide rings is 1. The molecule has 31 heavy (non-hydrogen) atoms. The van der Waals surface area contributed by atoms with E-state index in [9.17, 15) is 0 Å². The van der Waals surface area contributed by atoms with Gasteiger partial charge < -0.3 is 4.74 Å².